The highest BCUT2D eigenvalue weighted by atomic mass is 35.5. The zero-order chi connectivity index (χ0) is 20.2. The van der Waals surface area contributed by atoms with Crippen LogP contribution >= 0.6 is 23.2 Å². The molecule has 2 aromatic carbocycles. The first-order valence-corrected chi connectivity index (χ1v) is 9.97. The van der Waals surface area contributed by atoms with Gasteiger partial charge in [0.25, 0.3) is 5.91 Å². The summed E-state index contributed by atoms with van der Waals surface area (Å²) in [4.78, 5) is 18.6. The maximum absolute atomic E-state index is 12.6. The molecule has 0 saturated carbocycles. The van der Waals surface area contributed by atoms with Crippen LogP contribution in [0.5, 0.6) is 0 Å². The van der Waals surface area contributed by atoms with Crippen LogP contribution in [-0.2, 0) is 11.3 Å². The van der Waals surface area contributed by atoms with Crippen molar-refractivity contribution in [3.05, 3.63) is 70.2 Å². The molecule has 1 amide bonds. The molecule has 0 radical (unpaired) electrons. The number of hydrogen-bond acceptors (Lipinski definition) is 5. The summed E-state index contributed by atoms with van der Waals surface area (Å²) in [5, 5.41) is 4.25. The summed E-state index contributed by atoms with van der Waals surface area (Å²) in [5.74, 6) is 1.10. The van der Waals surface area contributed by atoms with Gasteiger partial charge in [-0.05, 0) is 30.3 Å². The van der Waals surface area contributed by atoms with Gasteiger partial charge in [0.2, 0.25) is 5.89 Å². The molecule has 0 aliphatic carbocycles. The first-order valence-electron chi connectivity index (χ1n) is 9.21. The van der Waals surface area contributed by atoms with E-state index in [0.717, 1.165) is 11.3 Å². The van der Waals surface area contributed by atoms with Crippen LogP contribution in [0, 0.1) is 0 Å². The molecule has 6 nitrogen and oxygen atoms in total. The van der Waals surface area contributed by atoms with Gasteiger partial charge in [-0.3, -0.25) is 4.79 Å². The summed E-state index contributed by atoms with van der Waals surface area (Å²) in [6.45, 7) is 2.64. The average molecular weight is 432 g/mol. The molecular formula is C21H19Cl2N3O3. The van der Waals surface area contributed by atoms with Crippen molar-refractivity contribution in [1.29, 1.82) is 0 Å². The molecule has 0 atom stereocenters. The second kappa shape index (κ2) is 8.86. The van der Waals surface area contributed by atoms with Gasteiger partial charge in [0.15, 0.2) is 5.76 Å². The van der Waals surface area contributed by atoms with E-state index in [0.29, 0.717) is 60.1 Å². The van der Waals surface area contributed by atoms with Gasteiger partial charge in [-0.25, -0.2) is 4.98 Å². The van der Waals surface area contributed by atoms with E-state index in [1.165, 1.54) is 0 Å². The van der Waals surface area contributed by atoms with Crippen LogP contribution in [0.2, 0.25) is 10.0 Å². The van der Waals surface area contributed by atoms with Crippen LogP contribution in [0.25, 0.3) is 11.3 Å². The van der Waals surface area contributed by atoms with Gasteiger partial charge in [0.1, 0.15) is 0 Å². The van der Waals surface area contributed by atoms with Crippen molar-refractivity contribution in [2.75, 3.05) is 31.6 Å². The van der Waals surface area contributed by atoms with Crippen molar-refractivity contribution in [1.82, 2.24) is 9.88 Å². The van der Waals surface area contributed by atoms with Crippen molar-refractivity contribution in [3.63, 3.8) is 0 Å². The van der Waals surface area contributed by atoms with Gasteiger partial charge in [-0.15, -0.1) is 0 Å². The van der Waals surface area contributed by atoms with Crippen LogP contribution in [0.1, 0.15) is 16.2 Å². The van der Waals surface area contributed by atoms with Crippen LogP contribution < -0.4 is 5.32 Å². The minimum Gasteiger partial charge on any atom is -0.439 e. The van der Waals surface area contributed by atoms with E-state index in [1.54, 1.807) is 29.3 Å². The summed E-state index contributed by atoms with van der Waals surface area (Å²) < 4.78 is 11.1. The number of aromatic nitrogens is 1. The summed E-state index contributed by atoms with van der Waals surface area (Å²) in [6, 6.07) is 12.7. The predicted octanol–water partition coefficient (Wildman–Crippen LogP) is 4.73. The number of amides is 1. The van der Waals surface area contributed by atoms with Gasteiger partial charge >= 0.3 is 0 Å². The number of carbonyl (C=O) groups is 1. The topological polar surface area (TPSA) is 67.6 Å². The third kappa shape index (κ3) is 4.72. The fourth-order valence-corrected chi connectivity index (χ4v) is 3.53. The number of anilines is 1. The van der Waals surface area contributed by atoms with E-state index in [4.69, 9.17) is 32.4 Å². The van der Waals surface area contributed by atoms with Crippen molar-refractivity contribution in [2.45, 2.75) is 6.54 Å². The van der Waals surface area contributed by atoms with E-state index in [9.17, 15) is 4.79 Å². The zero-order valence-electron chi connectivity index (χ0n) is 15.5. The number of nitrogens with one attached hydrogen (secondary N) is 1. The molecule has 1 fully saturated rings. The molecule has 4 rings (SSSR count). The average Bonchev–Trinajstić information content (AvgIpc) is 3.22. The van der Waals surface area contributed by atoms with Gasteiger partial charge in [0, 0.05) is 29.4 Å². The van der Waals surface area contributed by atoms with E-state index >= 15 is 0 Å². The molecule has 1 saturated heterocycles. The SMILES string of the molecule is O=C(c1ccc(NCc2ncc(-c3cccc(Cl)c3)o2)cc1Cl)N1CCOCC1. The Labute approximate surface area is 178 Å². The third-order valence-corrected chi connectivity index (χ3v) is 5.15. The molecule has 0 spiro atoms. The number of ether oxygens (including phenoxy) is 1. The fourth-order valence-electron chi connectivity index (χ4n) is 3.08. The predicted molar refractivity (Wildman–Crippen MR) is 112 cm³/mol. The Hall–Kier alpha value is -2.54. The van der Waals surface area contributed by atoms with Gasteiger partial charge in [-0.1, -0.05) is 35.3 Å². The fraction of sp³-hybridized carbons (Fsp3) is 0.238. The molecular weight excluding hydrogens is 413 g/mol. The highest BCUT2D eigenvalue weighted by Crippen LogP contribution is 2.25. The van der Waals surface area contributed by atoms with Gasteiger partial charge in [-0.2, -0.15) is 0 Å². The lowest BCUT2D eigenvalue weighted by molar-refractivity contribution is 0.0303. The van der Waals surface area contributed by atoms with E-state index in [-0.39, 0.29) is 5.91 Å². The summed E-state index contributed by atoms with van der Waals surface area (Å²) in [5.41, 5.74) is 2.12. The summed E-state index contributed by atoms with van der Waals surface area (Å²) >= 11 is 12.4. The smallest absolute Gasteiger partial charge is 0.255 e. The van der Waals surface area contributed by atoms with Crippen LogP contribution in [0.15, 0.2) is 53.1 Å². The number of halogens is 2. The first-order chi connectivity index (χ1) is 14.1. The highest BCUT2D eigenvalue weighted by molar-refractivity contribution is 6.34. The molecule has 3 aromatic rings. The molecule has 1 aliphatic heterocycles. The number of rotatable bonds is 5. The number of benzene rings is 2. The molecule has 150 valence electrons. The number of morpholine rings is 1. The quantitative estimate of drug-likeness (QED) is 0.631. The van der Waals surface area contributed by atoms with Crippen molar-refractivity contribution >= 4 is 34.8 Å². The summed E-state index contributed by atoms with van der Waals surface area (Å²) in [7, 11) is 0. The Morgan fingerprint density at radius 2 is 1.97 bits per heavy atom. The number of hydrogen-bond donors (Lipinski definition) is 1. The number of carbonyl (C=O) groups excluding carboxylic acids is 1. The molecule has 29 heavy (non-hydrogen) atoms. The molecule has 8 heteroatoms. The summed E-state index contributed by atoms with van der Waals surface area (Å²) in [6.07, 6.45) is 1.67. The normalized spacial score (nSPS) is 14.1. The second-order valence-electron chi connectivity index (χ2n) is 6.58. The molecule has 0 unspecified atom stereocenters. The van der Waals surface area contributed by atoms with E-state index in [2.05, 4.69) is 10.3 Å². The number of oxazole rings is 1. The minimum absolute atomic E-state index is 0.0799. The zero-order valence-corrected chi connectivity index (χ0v) is 17.0. The Morgan fingerprint density at radius 1 is 1.14 bits per heavy atom. The molecule has 0 bridgehead atoms. The first kappa shape index (κ1) is 19.8. The Kier molecular flexibility index (Phi) is 6.04. The number of nitrogens with zero attached hydrogens (tertiary/aromatic N) is 2. The lowest BCUT2D eigenvalue weighted by Gasteiger charge is -2.27. The molecule has 1 N–H and O–H groups in total. The lowest BCUT2D eigenvalue weighted by atomic mass is 10.1. The van der Waals surface area contributed by atoms with Gasteiger partial charge < -0.3 is 19.4 Å². The Morgan fingerprint density at radius 3 is 2.72 bits per heavy atom. The standard InChI is InChI=1S/C21H19Cl2N3O3/c22-15-3-1-2-14(10-15)19-12-25-20(29-19)13-24-16-4-5-17(18(23)11-16)21(27)26-6-8-28-9-7-26/h1-5,10-12,24H,6-9,13H2. The van der Waals surface area contributed by atoms with Crippen LogP contribution in [-0.4, -0.2) is 42.1 Å². The van der Waals surface area contributed by atoms with Crippen molar-refractivity contribution in [2.24, 2.45) is 0 Å². The maximum Gasteiger partial charge on any atom is 0.255 e. The van der Waals surface area contributed by atoms with Crippen LogP contribution in [0.3, 0.4) is 0 Å². The minimum atomic E-state index is -0.0799. The van der Waals surface area contributed by atoms with Crippen LogP contribution in [0.4, 0.5) is 5.69 Å². The largest absolute Gasteiger partial charge is 0.439 e. The Balaban J connectivity index is 1.40. The maximum atomic E-state index is 12.6. The third-order valence-electron chi connectivity index (χ3n) is 4.60. The highest BCUT2D eigenvalue weighted by Gasteiger charge is 2.20. The van der Waals surface area contributed by atoms with E-state index in [1.807, 2.05) is 24.3 Å². The molecule has 1 aliphatic rings. The second-order valence-corrected chi connectivity index (χ2v) is 7.42. The van der Waals surface area contributed by atoms with Crippen molar-refractivity contribution in [3.8, 4) is 11.3 Å². The van der Waals surface area contributed by atoms with Gasteiger partial charge in [0.05, 0.1) is 36.5 Å². The van der Waals surface area contributed by atoms with Crippen molar-refractivity contribution < 1.29 is 13.9 Å². The monoisotopic (exact) mass is 431 g/mol. The molecule has 2 heterocycles. The van der Waals surface area contributed by atoms with E-state index < -0.39 is 0 Å². The lowest BCUT2D eigenvalue weighted by Crippen LogP contribution is -2.40. The molecule has 1 aromatic heterocycles. The Bertz CT molecular complexity index is 1020.